The van der Waals surface area contributed by atoms with E-state index >= 15 is 0 Å². The molecule has 190 valence electrons. The van der Waals surface area contributed by atoms with Crippen molar-refractivity contribution in [1.29, 1.82) is 0 Å². The molecule has 0 radical (unpaired) electrons. The smallest absolute Gasteiger partial charge is 0.425 e. The van der Waals surface area contributed by atoms with Gasteiger partial charge in [-0.2, -0.15) is 13.2 Å². The molecule has 4 rings (SSSR count). The number of aliphatic hydroxyl groups is 1. The number of likely N-dealkylation sites (tertiary alicyclic amines) is 1. The average Bonchev–Trinajstić information content (AvgIpc) is 3.11. The summed E-state index contributed by atoms with van der Waals surface area (Å²) in [5.74, 6) is -0.474. The van der Waals surface area contributed by atoms with Crippen LogP contribution in [0.2, 0.25) is 5.02 Å². The molecule has 1 amide bonds. The molecule has 1 unspecified atom stereocenters. The van der Waals surface area contributed by atoms with Crippen LogP contribution in [0.1, 0.15) is 37.9 Å². The Morgan fingerprint density at radius 3 is 2.31 bits per heavy atom. The second-order valence-corrected chi connectivity index (χ2v) is 9.64. The highest BCUT2D eigenvalue weighted by atomic mass is 35.5. The predicted octanol–water partition coefficient (Wildman–Crippen LogP) is 5.36. The summed E-state index contributed by atoms with van der Waals surface area (Å²) in [5, 5.41) is 10.7. The summed E-state index contributed by atoms with van der Waals surface area (Å²) in [6.45, 7) is 2.82. The number of carbonyl (C=O) groups is 1. The third kappa shape index (κ3) is 5.42. The molecule has 1 N–H and O–H groups in total. The van der Waals surface area contributed by atoms with Crippen LogP contribution >= 0.6 is 11.6 Å². The van der Waals surface area contributed by atoms with Crippen LogP contribution in [-0.4, -0.2) is 54.4 Å². The van der Waals surface area contributed by atoms with E-state index in [4.69, 9.17) is 16.3 Å². The van der Waals surface area contributed by atoms with E-state index in [1.807, 2.05) is 4.90 Å². The van der Waals surface area contributed by atoms with Crippen molar-refractivity contribution >= 4 is 23.2 Å². The molecule has 2 aliphatic heterocycles. The van der Waals surface area contributed by atoms with E-state index in [0.29, 0.717) is 44.6 Å². The van der Waals surface area contributed by atoms with Crippen molar-refractivity contribution in [2.75, 3.05) is 31.1 Å². The number of hydrogen-bond donors (Lipinski definition) is 1. The van der Waals surface area contributed by atoms with Gasteiger partial charge in [0.1, 0.15) is 11.6 Å². The molecule has 35 heavy (non-hydrogen) atoms. The summed E-state index contributed by atoms with van der Waals surface area (Å²) in [7, 11) is 0. The molecule has 5 nitrogen and oxygen atoms in total. The number of halogens is 5. The van der Waals surface area contributed by atoms with Gasteiger partial charge in [0, 0.05) is 29.4 Å². The Labute approximate surface area is 206 Å². The lowest BCUT2D eigenvalue weighted by Crippen LogP contribution is -2.45. The van der Waals surface area contributed by atoms with Crippen LogP contribution in [-0.2, 0) is 4.79 Å². The van der Waals surface area contributed by atoms with Crippen LogP contribution in [0, 0.1) is 11.2 Å². The Balaban J connectivity index is 1.35. The number of hydrogen-bond acceptors (Lipinski definition) is 4. The molecule has 0 bridgehead atoms. The number of piperidine rings is 1. The van der Waals surface area contributed by atoms with Gasteiger partial charge in [-0.05, 0) is 75.7 Å². The number of aliphatic hydroxyl groups excluding tert-OH is 1. The van der Waals surface area contributed by atoms with Gasteiger partial charge in [-0.25, -0.2) is 4.39 Å². The van der Waals surface area contributed by atoms with Gasteiger partial charge in [-0.1, -0.05) is 17.7 Å². The number of ether oxygens (including phenoxy) is 1. The van der Waals surface area contributed by atoms with Crippen molar-refractivity contribution in [1.82, 2.24) is 4.90 Å². The van der Waals surface area contributed by atoms with Crippen molar-refractivity contribution < 1.29 is 32.2 Å². The van der Waals surface area contributed by atoms with Crippen molar-refractivity contribution in [2.45, 2.75) is 44.6 Å². The highest BCUT2D eigenvalue weighted by Gasteiger charge is 2.48. The number of carbonyl (C=O) groups excluding carboxylic acids is 1. The number of rotatable bonds is 6. The molecule has 2 aromatic carbocycles. The van der Waals surface area contributed by atoms with E-state index in [0.717, 1.165) is 6.92 Å². The molecule has 0 aromatic heterocycles. The lowest BCUT2D eigenvalue weighted by atomic mass is 9.77. The average molecular weight is 515 g/mol. The normalized spacial score (nSPS) is 20.3. The van der Waals surface area contributed by atoms with E-state index in [2.05, 4.69) is 0 Å². The molecule has 0 saturated carbocycles. The second kappa shape index (κ2) is 9.95. The Morgan fingerprint density at radius 1 is 1.09 bits per heavy atom. The van der Waals surface area contributed by atoms with Gasteiger partial charge in [0.15, 0.2) is 6.10 Å². The summed E-state index contributed by atoms with van der Waals surface area (Å²) >= 11 is 6.06. The van der Waals surface area contributed by atoms with E-state index in [1.165, 1.54) is 30.3 Å². The summed E-state index contributed by atoms with van der Waals surface area (Å²) in [4.78, 5) is 17.0. The molecular weight excluding hydrogens is 488 g/mol. The van der Waals surface area contributed by atoms with Crippen molar-refractivity contribution in [3.63, 3.8) is 0 Å². The molecule has 10 heteroatoms. The molecular formula is C25H27ClF4N2O3. The number of benzene rings is 2. The summed E-state index contributed by atoms with van der Waals surface area (Å²) < 4.78 is 57.2. The summed E-state index contributed by atoms with van der Waals surface area (Å²) in [6, 6.07) is 10.4. The first-order chi connectivity index (χ1) is 16.5. The first kappa shape index (κ1) is 25.7. The molecule has 2 heterocycles. The first-order valence-corrected chi connectivity index (χ1v) is 11.9. The Morgan fingerprint density at radius 2 is 1.71 bits per heavy atom. The zero-order valence-corrected chi connectivity index (χ0v) is 19.9. The van der Waals surface area contributed by atoms with Crippen LogP contribution in [0.3, 0.4) is 0 Å². The van der Waals surface area contributed by atoms with Gasteiger partial charge < -0.3 is 19.6 Å². The largest absolute Gasteiger partial charge is 0.481 e. The van der Waals surface area contributed by atoms with Crippen LogP contribution < -0.4 is 9.64 Å². The number of nitrogens with zero attached hydrogens (tertiary/aromatic N) is 2. The van der Waals surface area contributed by atoms with Crippen LogP contribution in [0.25, 0.3) is 0 Å². The summed E-state index contributed by atoms with van der Waals surface area (Å²) in [5.41, 5.74) is 0.178. The topological polar surface area (TPSA) is 53.0 Å². The van der Waals surface area contributed by atoms with Crippen molar-refractivity contribution in [3.05, 3.63) is 58.9 Å². The van der Waals surface area contributed by atoms with Crippen LogP contribution in [0.4, 0.5) is 23.2 Å². The molecule has 0 aliphatic carbocycles. The molecule has 2 aromatic rings. The maximum absolute atomic E-state index is 14.1. The SMILES string of the molecule is C[C@H](Oc1ccc(N2CCC3(CCN(CC(O)c4c(F)cccc4Cl)CC3)C2=O)cc1)C(F)(F)F. The molecule has 2 saturated heterocycles. The highest BCUT2D eigenvalue weighted by molar-refractivity contribution is 6.31. The number of anilines is 1. The fraction of sp³-hybridized carbons (Fsp3) is 0.480. The van der Waals surface area contributed by atoms with Gasteiger partial charge in [0.05, 0.1) is 11.5 Å². The first-order valence-electron chi connectivity index (χ1n) is 11.5. The quantitative estimate of drug-likeness (QED) is 0.527. The van der Waals surface area contributed by atoms with Gasteiger partial charge in [-0.3, -0.25) is 4.79 Å². The summed E-state index contributed by atoms with van der Waals surface area (Å²) in [6.07, 6.45) is -5.58. The standard InChI is InChI=1S/C25H27ClF4N2O3/c1-16(25(28,29)30)35-18-7-5-17(6-8-18)32-14-11-24(23(32)34)9-12-31(13-10-24)15-21(33)22-19(26)3-2-4-20(22)27/h2-8,16,21,33H,9-15H2,1H3/t16-,21?/m0/s1. The monoisotopic (exact) mass is 514 g/mol. The Bertz CT molecular complexity index is 1040. The van der Waals surface area contributed by atoms with Crippen LogP contribution in [0.15, 0.2) is 42.5 Å². The molecule has 2 atom stereocenters. The number of amides is 1. The van der Waals surface area contributed by atoms with Crippen molar-refractivity contribution in [2.24, 2.45) is 5.41 Å². The number of β-amino-alcohol motifs (C(OH)–C–C–N with tert-alkyl or cyclic N) is 1. The van der Waals surface area contributed by atoms with Crippen molar-refractivity contribution in [3.8, 4) is 5.75 Å². The van der Waals surface area contributed by atoms with Crippen LogP contribution in [0.5, 0.6) is 5.75 Å². The Hall–Kier alpha value is -2.36. The van der Waals surface area contributed by atoms with Gasteiger partial charge in [0.2, 0.25) is 5.91 Å². The van der Waals surface area contributed by atoms with E-state index in [1.54, 1.807) is 17.0 Å². The zero-order valence-electron chi connectivity index (χ0n) is 19.2. The minimum atomic E-state index is -4.46. The second-order valence-electron chi connectivity index (χ2n) is 9.23. The molecule has 2 aliphatic rings. The fourth-order valence-electron chi connectivity index (χ4n) is 4.83. The third-order valence-electron chi connectivity index (χ3n) is 7.01. The van der Waals surface area contributed by atoms with E-state index in [-0.39, 0.29) is 28.8 Å². The minimum Gasteiger partial charge on any atom is -0.481 e. The lowest BCUT2D eigenvalue weighted by molar-refractivity contribution is -0.189. The molecule has 1 spiro atoms. The van der Waals surface area contributed by atoms with Gasteiger partial charge >= 0.3 is 6.18 Å². The predicted molar refractivity (Wildman–Crippen MR) is 124 cm³/mol. The maximum Gasteiger partial charge on any atom is 0.425 e. The zero-order chi connectivity index (χ0) is 25.4. The highest BCUT2D eigenvalue weighted by Crippen LogP contribution is 2.43. The van der Waals surface area contributed by atoms with E-state index in [9.17, 15) is 27.5 Å². The van der Waals surface area contributed by atoms with E-state index < -0.39 is 29.6 Å². The Kier molecular flexibility index (Phi) is 7.31. The van der Waals surface area contributed by atoms with Gasteiger partial charge in [0.25, 0.3) is 0 Å². The lowest BCUT2D eigenvalue weighted by Gasteiger charge is -2.38. The van der Waals surface area contributed by atoms with Gasteiger partial charge in [-0.15, -0.1) is 0 Å². The number of alkyl halides is 3. The molecule has 2 fully saturated rings. The fourth-order valence-corrected chi connectivity index (χ4v) is 5.12. The minimum absolute atomic E-state index is 0.00725. The third-order valence-corrected chi connectivity index (χ3v) is 7.34. The maximum atomic E-state index is 14.1.